The lowest BCUT2D eigenvalue weighted by Crippen LogP contribution is -2.58. The Morgan fingerprint density at radius 1 is 1.09 bits per heavy atom. The fraction of sp³-hybridized carbons (Fsp3) is 0.489. The molecule has 0 bridgehead atoms. The van der Waals surface area contributed by atoms with Crippen LogP contribution in [-0.2, 0) is 25.1 Å². The second-order valence-electron chi connectivity index (χ2n) is 18.1. The molecule has 3 amide bonds. The molecule has 0 spiro atoms. The van der Waals surface area contributed by atoms with Crippen molar-refractivity contribution < 1.29 is 46.8 Å². The van der Waals surface area contributed by atoms with E-state index in [0.29, 0.717) is 57.8 Å². The first kappa shape index (κ1) is 47.1. The van der Waals surface area contributed by atoms with Crippen LogP contribution in [0.2, 0.25) is 5.02 Å². The number of fused-ring (bicyclic) bond motifs is 1. The van der Waals surface area contributed by atoms with E-state index in [1.165, 1.54) is 22.3 Å². The number of alkyl carbamates (subject to hydrolysis) is 1. The monoisotopic (exact) mass is 942 g/mol. The molecule has 1 saturated heterocycles. The van der Waals surface area contributed by atoms with Crippen LogP contribution in [0.15, 0.2) is 54.4 Å². The van der Waals surface area contributed by atoms with Gasteiger partial charge in [0, 0.05) is 47.3 Å². The number of amides is 3. The summed E-state index contributed by atoms with van der Waals surface area (Å²) >= 11 is 7.35. The summed E-state index contributed by atoms with van der Waals surface area (Å²) in [7, 11) is -3.02. The molecule has 344 valence electrons. The fourth-order valence-corrected chi connectivity index (χ4v) is 11.9. The molecule has 6 atom stereocenters. The van der Waals surface area contributed by atoms with Crippen molar-refractivity contribution in [1.29, 1.82) is 0 Å². The largest absolute Gasteiger partial charge is 0.497 e. The van der Waals surface area contributed by atoms with Gasteiger partial charge in [0.1, 0.15) is 58.4 Å². The molecule has 2 aliphatic carbocycles. The molecule has 2 aromatic heterocycles. The molecule has 1 aliphatic heterocycles. The zero-order chi connectivity index (χ0) is 46.3. The third-order valence-electron chi connectivity index (χ3n) is 12.0. The highest BCUT2D eigenvalue weighted by Gasteiger charge is 2.66. The lowest BCUT2D eigenvalue weighted by Gasteiger charge is -2.36. The van der Waals surface area contributed by atoms with Crippen LogP contribution in [0.4, 0.5) is 18.7 Å². The quantitative estimate of drug-likeness (QED) is 0.0507. The molecule has 14 nitrogen and oxygen atoms in total. The fourth-order valence-electron chi connectivity index (χ4n) is 8.46. The van der Waals surface area contributed by atoms with Gasteiger partial charge in [0.2, 0.25) is 19.2 Å². The number of thiazole rings is 1. The summed E-state index contributed by atoms with van der Waals surface area (Å²) in [5.74, 6) is -3.21. The maximum absolute atomic E-state index is 14.9. The average molecular weight is 943 g/mol. The van der Waals surface area contributed by atoms with Crippen LogP contribution in [0.25, 0.3) is 22.3 Å². The molecule has 1 unspecified atom stereocenters. The minimum absolute atomic E-state index is 0.00734. The topological polar surface area (TPSA) is 181 Å². The lowest BCUT2D eigenvalue weighted by molar-refractivity contribution is -0.142. The van der Waals surface area contributed by atoms with Crippen LogP contribution in [-0.4, -0.2) is 86.9 Å². The summed E-state index contributed by atoms with van der Waals surface area (Å²) in [6, 6.07) is 6.27. The van der Waals surface area contributed by atoms with E-state index in [4.69, 9.17) is 35.8 Å². The van der Waals surface area contributed by atoms with Crippen molar-refractivity contribution >= 4 is 64.2 Å². The Morgan fingerprint density at radius 2 is 1.83 bits per heavy atom. The number of halogens is 3. The first-order valence-electron chi connectivity index (χ1n) is 21.3. The van der Waals surface area contributed by atoms with Gasteiger partial charge in [-0.05, 0) is 75.1 Å². The Bertz CT molecular complexity index is 2500. The predicted octanol–water partition coefficient (Wildman–Crippen LogP) is 9.04. The van der Waals surface area contributed by atoms with E-state index in [-0.39, 0.29) is 37.1 Å². The van der Waals surface area contributed by atoms with Gasteiger partial charge >= 0.3 is 6.09 Å². The van der Waals surface area contributed by atoms with Crippen molar-refractivity contribution in [3.63, 3.8) is 0 Å². The average Bonchev–Trinajstić information content (AvgIpc) is 3.62. The first-order chi connectivity index (χ1) is 30.2. The zero-order valence-electron chi connectivity index (χ0n) is 36.6. The van der Waals surface area contributed by atoms with Crippen LogP contribution < -0.4 is 25.4 Å². The van der Waals surface area contributed by atoms with Gasteiger partial charge in [0.15, 0.2) is 5.13 Å². The molecule has 3 fully saturated rings. The number of nitrogens with one attached hydrogen (secondary N) is 3. The highest BCUT2D eigenvalue weighted by Crippen LogP contribution is 2.71. The normalized spacial score (nSPS) is 22.5. The van der Waals surface area contributed by atoms with E-state index < -0.39 is 82.9 Å². The third-order valence-corrected chi connectivity index (χ3v) is 15.7. The molecule has 2 saturated carbocycles. The van der Waals surface area contributed by atoms with E-state index in [2.05, 4.69) is 22.5 Å². The second-order valence-corrected chi connectivity index (χ2v) is 21.9. The number of likely N-dealkylation sites (tertiary alicyclic amines) is 1. The number of carbonyl (C=O) groups is 3. The standard InChI is InChI=1S/C45H54ClF2N6O8PS/c1-8-26-20-45(26,63(58,59)22-25-15-31(46)33(48)18-32(25)47)53-40(55)37-17-29(21-54(37)41(56)39(44(4,5)6)52-43(57)62-27-11-9-10-12-27)61-38-19-35(36-23-64-42(51-36)49-24(2)3)50-34-16-28(60-7)13-14-30(34)38/h8,13-16,18-19,23-24,26-27,29,37,39H,1,9-12,17,20-22H2,2-7H3,(H,49,51)(H,52,57)(H,53,55)(H,58,59)/t26-,29-,37+,39-,45+/m1/s1. The minimum atomic E-state index is -4.56. The number of benzene rings is 2. The van der Waals surface area contributed by atoms with Gasteiger partial charge in [0.25, 0.3) is 0 Å². The van der Waals surface area contributed by atoms with E-state index in [1.54, 1.807) is 52.1 Å². The number of ether oxygens (including phenoxy) is 3. The Morgan fingerprint density at radius 3 is 2.48 bits per heavy atom. The molecule has 19 heteroatoms. The van der Waals surface area contributed by atoms with Crippen LogP contribution in [0.5, 0.6) is 11.5 Å². The number of hydrogen-bond donors (Lipinski definition) is 4. The summed E-state index contributed by atoms with van der Waals surface area (Å²) in [6.45, 7) is 13.0. The summed E-state index contributed by atoms with van der Waals surface area (Å²) < 4.78 is 61.3. The molecule has 4 N–H and O–H groups in total. The van der Waals surface area contributed by atoms with Crippen molar-refractivity contribution in [3.05, 3.63) is 76.7 Å². The van der Waals surface area contributed by atoms with Gasteiger partial charge in [-0.25, -0.2) is 23.5 Å². The molecule has 64 heavy (non-hydrogen) atoms. The van der Waals surface area contributed by atoms with Gasteiger partial charge in [-0.2, -0.15) is 0 Å². The predicted molar refractivity (Wildman–Crippen MR) is 242 cm³/mol. The minimum Gasteiger partial charge on any atom is -0.497 e. The van der Waals surface area contributed by atoms with Gasteiger partial charge in [-0.1, -0.05) is 38.4 Å². The number of methoxy groups -OCH3 is 1. The Hall–Kier alpha value is -4.83. The number of aromatic nitrogens is 2. The molecule has 3 heterocycles. The van der Waals surface area contributed by atoms with Crippen LogP contribution >= 0.6 is 30.3 Å². The molecule has 3 aliphatic rings. The highest BCUT2D eigenvalue weighted by atomic mass is 35.5. The third kappa shape index (κ3) is 10.0. The Balaban J connectivity index is 1.23. The molecular weight excluding hydrogens is 889 g/mol. The van der Waals surface area contributed by atoms with Crippen LogP contribution in [0.1, 0.15) is 78.7 Å². The van der Waals surface area contributed by atoms with Crippen molar-refractivity contribution in [2.24, 2.45) is 11.3 Å². The van der Waals surface area contributed by atoms with Crippen molar-refractivity contribution in [1.82, 2.24) is 25.5 Å². The number of rotatable bonds is 15. The lowest BCUT2D eigenvalue weighted by atomic mass is 9.85. The molecule has 2 aromatic carbocycles. The first-order valence-corrected chi connectivity index (χ1v) is 24.4. The molecule has 4 aromatic rings. The molecular formula is C45H54ClF2N6O8PS. The van der Waals surface area contributed by atoms with E-state index in [0.717, 1.165) is 18.9 Å². The van der Waals surface area contributed by atoms with Gasteiger partial charge in [-0.15, -0.1) is 17.9 Å². The maximum atomic E-state index is 14.9. The second kappa shape index (κ2) is 18.6. The van der Waals surface area contributed by atoms with Crippen molar-refractivity contribution in [2.45, 2.75) is 115 Å². The smallest absolute Gasteiger partial charge is 0.408 e. The van der Waals surface area contributed by atoms with Gasteiger partial charge < -0.3 is 40.0 Å². The maximum Gasteiger partial charge on any atom is 0.408 e. The van der Waals surface area contributed by atoms with Gasteiger partial charge in [0.05, 0.1) is 36.0 Å². The SMILES string of the molecule is C=C[C@@H]1C[C@]1(NC(=O)[C@@H]1C[C@@H](Oc2cc(-c3csc(NC(C)C)n3)nc3cc(OC)ccc23)CN1C(=O)[C@@H](NC(=O)OC1CCCC1)C(C)(C)C)P(=O)(O)Cc1cc(Cl)c(F)cc1F. The summed E-state index contributed by atoms with van der Waals surface area (Å²) in [4.78, 5) is 65.6. The van der Waals surface area contributed by atoms with Crippen LogP contribution in [0.3, 0.4) is 0 Å². The van der Waals surface area contributed by atoms with Crippen molar-refractivity contribution in [2.75, 3.05) is 19.0 Å². The van der Waals surface area contributed by atoms with E-state index >= 15 is 0 Å². The Labute approximate surface area is 379 Å². The number of anilines is 1. The summed E-state index contributed by atoms with van der Waals surface area (Å²) in [5.41, 5.74) is 0.465. The van der Waals surface area contributed by atoms with Crippen molar-refractivity contribution in [3.8, 4) is 22.9 Å². The zero-order valence-corrected chi connectivity index (χ0v) is 39.0. The number of nitrogens with zero attached hydrogens (tertiary/aromatic N) is 3. The summed E-state index contributed by atoms with van der Waals surface area (Å²) in [6.07, 6.45) is 2.03. The number of hydrogen-bond acceptors (Lipinski definition) is 11. The number of carbonyl (C=O) groups excluding carboxylic acids is 3. The summed E-state index contributed by atoms with van der Waals surface area (Å²) in [5, 5.41) is 9.85. The molecule has 0 radical (unpaired) electrons. The van der Waals surface area contributed by atoms with Crippen LogP contribution in [0, 0.1) is 23.0 Å². The highest BCUT2D eigenvalue weighted by molar-refractivity contribution is 7.59. The Kier molecular flexibility index (Phi) is 13.7. The van der Waals surface area contributed by atoms with E-state index in [9.17, 15) is 32.6 Å². The molecule has 7 rings (SSSR count). The van der Waals surface area contributed by atoms with E-state index in [1.807, 2.05) is 19.2 Å². The van der Waals surface area contributed by atoms with Gasteiger partial charge in [-0.3, -0.25) is 14.2 Å². The number of pyridine rings is 1.